The maximum absolute atomic E-state index is 5.66. The summed E-state index contributed by atoms with van der Waals surface area (Å²) in [4.78, 5) is 0. The van der Waals surface area contributed by atoms with E-state index in [1.165, 1.54) is 12.0 Å². The summed E-state index contributed by atoms with van der Waals surface area (Å²) in [6.45, 7) is 0.761. The third kappa shape index (κ3) is 2.04. The standard InChI is InChI=1S/C12H16BrNO2/c1-15-11-5-7(9-3-8(9)6-14)4-10(13)12(11)16-2/h4-5,8-9H,3,6,14H2,1-2H3. The molecule has 2 rings (SSSR count). The van der Waals surface area contributed by atoms with Gasteiger partial charge in [-0.25, -0.2) is 0 Å². The number of nitrogens with two attached hydrogens (primary N) is 1. The maximum Gasteiger partial charge on any atom is 0.174 e. The second kappa shape index (κ2) is 4.63. The highest BCUT2D eigenvalue weighted by Crippen LogP contribution is 2.49. The molecule has 1 saturated carbocycles. The molecule has 0 aliphatic heterocycles. The van der Waals surface area contributed by atoms with Gasteiger partial charge in [0.25, 0.3) is 0 Å². The van der Waals surface area contributed by atoms with E-state index >= 15 is 0 Å². The second-order valence-electron chi connectivity index (χ2n) is 4.08. The Balaban J connectivity index is 2.31. The minimum absolute atomic E-state index is 0.584. The molecule has 0 amide bonds. The molecule has 2 N–H and O–H groups in total. The maximum atomic E-state index is 5.66. The quantitative estimate of drug-likeness (QED) is 0.925. The fraction of sp³-hybridized carbons (Fsp3) is 0.500. The summed E-state index contributed by atoms with van der Waals surface area (Å²) >= 11 is 3.50. The molecular weight excluding hydrogens is 270 g/mol. The SMILES string of the molecule is COc1cc(C2CC2CN)cc(Br)c1OC. The average Bonchev–Trinajstić information content (AvgIpc) is 3.07. The molecule has 0 aromatic heterocycles. The van der Waals surface area contributed by atoms with Crippen molar-refractivity contribution in [1.82, 2.24) is 0 Å². The Kier molecular flexibility index (Phi) is 3.40. The van der Waals surface area contributed by atoms with Gasteiger partial charge in [0.2, 0.25) is 0 Å². The average molecular weight is 286 g/mol. The van der Waals surface area contributed by atoms with Crippen molar-refractivity contribution in [3.05, 3.63) is 22.2 Å². The van der Waals surface area contributed by atoms with Gasteiger partial charge < -0.3 is 15.2 Å². The van der Waals surface area contributed by atoms with Gasteiger partial charge in [0, 0.05) is 0 Å². The summed E-state index contributed by atoms with van der Waals surface area (Å²) in [5.74, 6) is 2.73. The summed E-state index contributed by atoms with van der Waals surface area (Å²) in [6.07, 6.45) is 1.18. The van der Waals surface area contributed by atoms with Crippen molar-refractivity contribution >= 4 is 15.9 Å². The Morgan fingerprint density at radius 2 is 2.12 bits per heavy atom. The monoisotopic (exact) mass is 285 g/mol. The fourth-order valence-electron chi connectivity index (χ4n) is 2.07. The van der Waals surface area contributed by atoms with Crippen molar-refractivity contribution in [2.24, 2.45) is 11.7 Å². The zero-order valence-corrected chi connectivity index (χ0v) is 11.1. The lowest BCUT2D eigenvalue weighted by atomic mass is 10.1. The molecule has 0 heterocycles. The van der Waals surface area contributed by atoms with Gasteiger partial charge in [-0.05, 0) is 58.4 Å². The number of benzene rings is 1. The van der Waals surface area contributed by atoms with Gasteiger partial charge in [-0.2, -0.15) is 0 Å². The second-order valence-corrected chi connectivity index (χ2v) is 4.93. The third-order valence-electron chi connectivity index (χ3n) is 3.11. The van der Waals surface area contributed by atoms with Crippen LogP contribution in [-0.2, 0) is 0 Å². The van der Waals surface area contributed by atoms with Crippen molar-refractivity contribution in [3.8, 4) is 11.5 Å². The van der Waals surface area contributed by atoms with Crippen LogP contribution in [0.5, 0.6) is 11.5 Å². The van der Waals surface area contributed by atoms with Crippen molar-refractivity contribution in [2.45, 2.75) is 12.3 Å². The number of rotatable bonds is 4. The van der Waals surface area contributed by atoms with Crippen LogP contribution in [0.4, 0.5) is 0 Å². The summed E-state index contributed by atoms with van der Waals surface area (Å²) in [6, 6.07) is 4.14. The number of hydrogen-bond donors (Lipinski definition) is 1. The molecule has 1 fully saturated rings. The topological polar surface area (TPSA) is 44.5 Å². The van der Waals surface area contributed by atoms with Crippen LogP contribution >= 0.6 is 15.9 Å². The van der Waals surface area contributed by atoms with Gasteiger partial charge in [0.15, 0.2) is 11.5 Å². The fourth-order valence-corrected chi connectivity index (χ4v) is 2.69. The molecule has 0 bridgehead atoms. The number of hydrogen-bond acceptors (Lipinski definition) is 3. The zero-order chi connectivity index (χ0) is 11.7. The third-order valence-corrected chi connectivity index (χ3v) is 3.70. The molecular formula is C12H16BrNO2. The Labute approximate surface area is 104 Å². The van der Waals surface area contributed by atoms with Gasteiger partial charge in [0.1, 0.15) is 0 Å². The van der Waals surface area contributed by atoms with Gasteiger partial charge in [-0.1, -0.05) is 0 Å². The van der Waals surface area contributed by atoms with Crippen LogP contribution in [0.3, 0.4) is 0 Å². The first-order valence-corrected chi connectivity index (χ1v) is 6.12. The van der Waals surface area contributed by atoms with E-state index in [4.69, 9.17) is 15.2 Å². The van der Waals surface area contributed by atoms with E-state index in [1.54, 1.807) is 14.2 Å². The summed E-state index contributed by atoms with van der Waals surface area (Å²) in [7, 11) is 3.30. The van der Waals surface area contributed by atoms with Crippen molar-refractivity contribution < 1.29 is 9.47 Å². The Hall–Kier alpha value is -0.740. The molecule has 88 valence electrons. The molecule has 0 radical (unpaired) electrons. The molecule has 1 aliphatic rings. The van der Waals surface area contributed by atoms with Crippen LogP contribution < -0.4 is 15.2 Å². The van der Waals surface area contributed by atoms with Crippen LogP contribution in [-0.4, -0.2) is 20.8 Å². The van der Waals surface area contributed by atoms with E-state index in [1.807, 2.05) is 6.07 Å². The van der Waals surface area contributed by atoms with Gasteiger partial charge in [-0.15, -0.1) is 0 Å². The molecule has 2 atom stereocenters. The van der Waals surface area contributed by atoms with Gasteiger partial charge in [0.05, 0.1) is 18.7 Å². The summed E-state index contributed by atoms with van der Waals surface area (Å²) in [5.41, 5.74) is 6.94. The van der Waals surface area contributed by atoms with E-state index in [0.717, 1.165) is 22.5 Å². The lowest BCUT2D eigenvalue weighted by Gasteiger charge is -2.11. The highest BCUT2D eigenvalue weighted by Gasteiger charge is 2.37. The highest BCUT2D eigenvalue weighted by atomic mass is 79.9. The highest BCUT2D eigenvalue weighted by molar-refractivity contribution is 9.10. The predicted octanol–water partition coefficient (Wildman–Crippen LogP) is 2.53. The molecule has 4 heteroatoms. The molecule has 0 spiro atoms. The molecule has 0 saturated heterocycles. The smallest absolute Gasteiger partial charge is 0.174 e. The largest absolute Gasteiger partial charge is 0.493 e. The first kappa shape index (κ1) is 11.7. The van der Waals surface area contributed by atoms with Gasteiger partial charge >= 0.3 is 0 Å². The van der Waals surface area contributed by atoms with Crippen LogP contribution in [0, 0.1) is 5.92 Å². The van der Waals surface area contributed by atoms with E-state index in [0.29, 0.717) is 11.8 Å². The van der Waals surface area contributed by atoms with Crippen LogP contribution in [0.1, 0.15) is 17.9 Å². The zero-order valence-electron chi connectivity index (χ0n) is 9.50. The van der Waals surface area contributed by atoms with E-state index in [-0.39, 0.29) is 0 Å². The minimum Gasteiger partial charge on any atom is -0.493 e. The molecule has 1 aliphatic carbocycles. The lowest BCUT2D eigenvalue weighted by Crippen LogP contribution is -2.02. The van der Waals surface area contributed by atoms with Crippen LogP contribution in [0.2, 0.25) is 0 Å². The molecule has 2 unspecified atom stereocenters. The molecule has 16 heavy (non-hydrogen) atoms. The number of ether oxygens (including phenoxy) is 2. The van der Waals surface area contributed by atoms with Crippen molar-refractivity contribution in [3.63, 3.8) is 0 Å². The van der Waals surface area contributed by atoms with E-state index in [9.17, 15) is 0 Å². The summed E-state index contributed by atoms with van der Waals surface area (Å²) < 4.78 is 11.5. The summed E-state index contributed by atoms with van der Waals surface area (Å²) in [5, 5.41) is 0. The first-order chi connectivity index (χ1) is 7.71. The first-order valence-electron chi connectivity index (χ1n) is 5.32. The molecule has 1 aromatic carbocycles. The minimum atomic E-state index is 0.584. The number of methoxy groups -OCH3 is 2. The molecule has 3 nitrogen and oxygen atoms in total. The van der Waals surface area contributed by atoms with Gasteiger partial charge in [-0.3, -0.25) is 0 Å². The van der Waals surface area contributed by atoms with Crippen molar-refractivity contribution in [2.75, 3.05) is 20.8 Å². The number of halogens is 1. The molecule has 1 aromatic rings. The predicted molar refractivity (Wildman–Crippen MR) is 67.1 cm³/mol. The Morgan fingerprint density at radius 3 is 2.62 bits per heavy atom. The van der Waals surface area contributed by atoms with E-state index < -0.39 is 0 Å². The van der Waals surface area contributed by atoms with Crippen LogP contribution in [0.15, 0.2) is 16.6 Å². The Bertz CT molecular complexity index is 395. The van der Waals surface area contributed by atoms with Crippen molar-refractivity contribution in [1.29, 1.82) is 0 Å². The lowest BCUT2D eigenvalue weighted by molar-refractivity contribution is 0.352. The van der Waals surface area contributed by atoms with Crippen LogP contribution in [0.25, 0.3) is 0 Å². The van der Waals surface area contributed by atoms with E-state index in [2.05, 4.69) is 22.0 Å². The normalized spacial score (nSPS) is 23.0. The Morgan fingerprint density at radius 1 is 1.38 bits per heavy atom.